The molecule has 0 saturated heterocycles. The van der Waals surface area contributed by atoms with E-state index in [-0.39, 0.29) is 4.90 Å². The molecular weight excluding hydrogens is 610 g/mol. The molecule has 3 N–H and O–H groups in total. The van der Waals surface area contributed by atoms with Crippen molar-refractivity contribution in [3.05, 3.63) is 54.1 Å². The van der Waals surface area contributed by atoms with E-state index in [9.17, 15) is 39.6 Å². The van der Waals surface area contributed by atoms with Gasteiger partial charge in [-0.25, -0.2) is 8.42 Å². The zero-order chi connectivity index (χ0) is 32.5. The number of aliphatic carboxylic acids is 1. The number of benzene rings is 2. The average Bonchev–Trinajstić information content (AvgIpc) is 2.95. The Labute approximate surface area is 254 Å². The summed E-state index contributed by atoms with van der Waals surface area (Å²) in [4.78, 5) is 11.1. The highest BCUT2D eigenvalue weighted by atomic mass is 32.2. The molecule has 13 heteroatoms. The van der Waals surface area contributed by atoms with E-state index in [0.29, 0.717) is 11.1 Å². The Hall–Kier alpha value is -2.64. The van der Waals surface area contributed by atoms with Gasteiger partial charge in [-0.05, 0) is 54.5 Å². The van der Waals surface area contributed by atoms with Crippen molar-refractivity contribution in [3.8, 4) is 11.1 Å². The fraction of sp³-hybridized carbons (Fsp3) is 0.581. The number of rotatable bonds is 9. The van der Waals surface area contributed by atoms with Crippen LogP contribution in [0.2, 0.25) is 0 Å². The van der Waals surface area contributed by atoms with Gasteiger partial charge in [-0.3, -0.25) is 10.1 Å². The Bertz CT molecular complexity index is 1270. The van der Waals surface area contributed by atoms with E-state index in [1.807, 2.05) is 0 Å². The summed E-state index contributed by atoms with van der Waals surface area (Å²) < 4.78 is 101. The van der Waals surface area contributed by atoms with Crippen LogP contribution in [0.15, 0.2) is 53.4 Å². The van der Waals surface area contributed by atoms with Gasteiger partial charge in [-0.1, -0.05) is 74.9 Å². The monoisotopic (exact) mass is 650 g/mol. The number of sulfone groups is 1. The molecule has 2 saturated carbocycles. The molecule has 2 aromatic rings. The molecule has 0 bridgehead atoms. The van der Waals surface area contributed by atoms with Gasteiger partial charge in [-0.15, -0.1) is 0 Å². The van der Waals surface area contributed by atoms with Crippen molar-refractivity contribution in [2.24, 2.45) is 0 Å². The molecule has 246 valence electrons. The molecule has 0 radical (unpaired) electrons. The van der Waals surface area contributed by atoms with Crippen LogP contribution in [-0.2, 0) is 14.6 Å². The van der Waals surface area contributed by atoms with Crippen molar-refractivity contribution < 1.29 is 44.7 Å². The largest absolute Gasteiger partial charge is 0.480 e. The molecule has 2 aliphatic rings. The quantitative estimate of drug-likeness (QED) is 0.242. The van der Waals surface area contributed by atoms with E-state index in [1.54, 1.807) is 0 Å². The van der Waals surface area contributed by atoms with Crippen molar-refractivity contribution >= 4 is 15.8 Å². The number of nitrogens with one attached hydrogen (secondary N) is 2. The highest BCUT2D eigenvalue weighted by Crippen LogP contribution is 2.35. The summed E-state index contributed by atoms with van der Waals surface area (Å²) in [6, 6.07) is 6.73. The van der Waals surface area contributed by atoms with E-state index in [0.717, 1.165) is 30.5 Å². The second kappa shape index (κ2) is 15.6. The summed E-state index contributed by atoms with van der Waals surface area (Å²) >= 11 is 0. The molecule has 6 nitrogen and oxygen atoms in total. The van der Waals surface area contributed by atoms with Crippen molar-refractivity contribution in [3.63, 3.8) is 0 Å². The number of hydrogen-bond donors (Lipinski definition) is 3. The van der Waals surface area contributed by atoms with Gasteiger partial charge in [0.25, 0.3) is 0 Å². The molecule has 0 amide bonds. The van der Waals surface area contributed by atoms with Gasteiger partial charge in [0.1, 0.15) is 12.1 Å². The third-order valence-corrected chi connectivity index (χ3v) is 9.10. The lowest BCUT2D eigenvalue weighted by atomic mass is 9.91. The summed E-state index contributed by atoms with van der Waals surface area (Å²) in [5, 5.41) is 14.3. The normalized spacial score (nSPS) is 18.6. The number of carbonyl (C=O) groups is 1. The molecule has 2 aliphatic carbocycles. The van der Waals surface area contributed by atoms with E-state index >= 15 is 0 Å². The highest BCUT2D eigenvalue weighted by molar-refractivity contribution is 7.90. The van der Waals surface area contributed by atoms with Crippen LogP contribution in [0.25, 0.3) is 11.1 Å². The maximum absolute atomic E-state index is 13.4. The third-order valence-electron chi connectivity index (χ3n) is 7.97. The molecule has 0 heterocycles. The first-order chi connectivity index (χ1) is 20.5. The first-order valence-electron chi connectivity index (χ1n) is 14.8. The molecule has 2 aromatic carbocycles. The van der Waals surface area contributed by atoms with Gasteiger partial charge in [0.2, 0.25) is 0 Å². The standard InChI is InChI=1S/C19H17F6NO4S.C12H23N/c1-31(29,30)14-8-6-12(7-9-14)11-2-4-13(5-3-11)16(19(23,24)25)26-15(17(27)28)10-18(20,21)22;1-3-7-11(8-4-1)13-12-9-5-2-6-10-12/h2-9,15-16,26H,10H2,1H3,(H,27,28);11-13H,1-10H2/t15-,16-;/m0./s1. The lowest BCUT2D eigenvalue weighted by Crippen LogP contribution is -2.46. The Morgan fingerprint density at radius 3 is 1.59 bits per heavy atom. The predicted molar refractivity (Wildman–Crippen MR) is 156 cm³/mol. The van der Waals surface area contributed by atoms with Crippen LogP contribution in [0.4, 0.5) is 26.3 Å². The van der Waals surface area contributed by atoms with Crippen LogP contribution in [-0.4, -0.2) is 56.2 Å². The van der Waals surface area contributed by atoms with Crippen LogP contribution in [0.5, 0.6) is 0 Å². The predicted octanol–water partition coefficient (Wildman–Crippen LogP) is 7.60. The SMILES string of the molecule is C1CCC(NC2CCCCC2)CC1.CS(=O)(=O)c1ccc(-c2ccc([C@H](N[C@@H](CC(F)(F)F)C(=O)O)C(F)(F)F)cc2)cc1. The van der Waals surface area contributed by atoms with Gasteiger partial charge in [0.05, 0.1) is 11.3 Å². The number of carboxylic acids is 1. The van der Waals surface area contributed by atoms with Gasteiger partial charge >= 0.3 is 18.3 Å². The summed E-state index contributed by atoms with van der Waals surface area (Å²) in [5.41, 5.74) is 0.447. The second-order valence-electron chi connectivity index (χ2n) is 11.6. The maximum Gasteiger partial charge on any atom is 0.407 e. The highest BCUT2D eigenvalue weighted by Gasteiger charge is 2.45. The number of hydrogen-bond acceptors (Lipinski definition) is 5. The minimum Gasteiger partial charge on any atom is -0.480 e. The van der Waals surface area contributed by atoms with Gasteiger partial charge in [0, 0.05) is 18.3 Å². The lowest BCUT2D eigenvalue weighted by molar-refractivity contribution is -0.175. The van der Waals surface area contributed by atoms with Crippen molar-refractivity contribution in [1.82, 2.24) is 10.6 Å². The first-order valence-corrected chi connectivity index (χ1v) is 16.7. The van der Waals surface area contributed by atoms with Crippen LogP contribution in [0, 0.1) is 0 Å². The Morgan fingerprint density at radius 1 is 0.795 bits per heavy atom. The minimum atomic E-state index is -5.06. The van der Waals surface area contributed by atoms with Gasteiger partial charge in [-0.2, -0.15) is 26.3 Å². The van der Waals surface area contributed by atoms with Crippen LogP contribution in [0.3, 0.4) is 0 Å². The zero-order valence-electron chi connectivity index (χ0n) is 24.6. The molecule has 0 aromatic heterocycles. The molecule has 44 heavy (non-hydrogen) atoms. The Kier molecular flexibility index (Phi) is 12.7. The Morgan fingerprint density at radius 2 is 1.23 bits per heavy atom. The average molecular weight is 651 g/mol. The smallest absolute Gasteiger partial charge is 0.407 e. The number of carboxylic acid groups (broad SMARTS) is 1. The van der Waals surface area contributed by atoms with Crippen LogP contribution in [0.1, 0.15) is 82.2 Å². The minimum absolute atomic E-state index is 0.0542. The fourth-order valence-corrected chi connectivity index (χ4v) is 6.29. The summed E-state index contributed by atoms with van der Waals surface area (Å²) in [6.07, 6.45) is 3.57. The van der Waals surface area contributed by atoms with E-state index in [2.05, 4.69) is 5.32 Å². The van der Waals surface area contributed by atoms with Crippen LogP contribution < -0.4 is 10.6 Å². The van der Waals surface area contributed by atoms with Crippen molar-refractivity contribution in [2.75, 3.05) is 6.26 Å². The number of alkyl halides is 6. The van der Waals surface area contributed by atoms with Crippen molar-refractivity contribution in [2.45, 2.75) is 112 Å². The summed E-state index contributed by atoms with van der Waals surface area (Å²) in [5.74, 6) is -2.06. The van der Waals surface area contributed by atoms with Crippen LogP contribution >= 0.6 is 0 Å². The molecule has 0 aliphatic heterocycles. The zero-order valence-corrected chi connectivity index (χ0v) is 25.4. The van der Waals surface area contributed by atoms with E-state index in [4.69, 9.17) is 5.11 Å². The molecule has 2 fully saturated rings. The molecule has 2 atom stereocenters. The first kappa shape index (κ1) is 35.8. The summed E-state index contributed by atoms with van der Waals surface area (Å²) in [6.45, 7) is 0. The van der Waals surface area contributed by atoms with Crippen molar-refractivity contribution in [1.29, 1.82) is 0 Å². The molecule has 0 unspecified atom stereocenters. The number of halogens is 6. The Balaban J connectivity index is 0.000000335. The van der Waals surface area contributed by atoms with Gasteiger partial charge in [0.15, 0.2) is 9.84 Å². The molecule has 4 rings (SSSR count). The fourth-order valence-electron chi connectivity index (χ4n) is 5.66. The topological polar surface area (TPSA) is 95.5 Å². The molecular formula is C31H40F6N2O4S. The van der Waals surface area contributed by atoms with Gasteiger partial charge < -0.3 is 10.4 Å². The summed E-state index contributed by atoms with van der Waals surface area (Å²) in [7, 11) is -3.43. The lowest BCUT2D eigenvalue weighted by Gasteiger charge is -2.30. The second-order valence-corrected chi connectivity index (χ2v) is 13.6. The van der Waals surface area contributed by atoms with E-state index < -0.39 is 52.2 Å². The maximum atomic E-state index is 13.4. The third kappa shape index (κ3) is 11.7. The molecule has 0 spiro atoms. The van der Waals surface area contributed by atoms with E-state index in [1.165, 1.54) is 106 Å².